The Bertz CT molecular complexity index is 2460. The van der Waals surface area contributed by atoms with E-state index in [0.717, 1.165) is 50.3 Å². The summed E-state index contributed by atoms with van der Waals surface area (Å²) in [6, 6.07) is 62.8. The molecule has 5 atom stereocenters. The van der Waals surface area contributed by atoms with E-state index in [1.165, 1.54) is 11.8 Å². The van der Waals surface area contributed by atoms with E-state index >= 15 is 0 Å². The van der Waals surface area contributed by atoms with E-state index in [0.29, 0.717) is 37.6 Å². The molecule has 328 valence electrons. The van der Waals surface area contributed by atoms with Gasteiger partial charge in [-0.25, -0.2) is 0 Å². The highest BCUT2D eigenvalue weighted by molar-refractivity contribution is 8.00. The second-order valence-electron chi connectivity index (χ2n) is 16.2. The molecule has 8 rings (SSSR count). The van der Waals surface area contributed by atoms with Gasteiger partial charge in [-0.3, -0.25) is 0 Å². The summed E-state index contributed by atoms with van der Waals surface area (Å²) in [4.78, 5) is -1.72. The van der Waals surface area contributed by atoms with Crippen molar-refractivity contribution >= 4 is 11.8 Å². The minimum absolute atomic E-state index is 0.227. The summed E-state index contributed by atoms with van der Waals surface area (Å²) in [7, 11) is 1.67. The number of rotatable bonds is 20. The molecule has 1 aliphatic heterocycles. The van der Waals surface area contributed by atoms with E-state index in [9.17, 15) is 5.11 Å². The molecule has 7 aromatic carbocycles. The topological polar surface area (TPSA) is 75.6 Å². The van der Waals surface area contributed by atoms with Crippen LogP contribution in [-0.2, 0) is 63.3 Å². The largest absolute Gasteiger partial charge is 0.497 e. The summed E-state index contributed by atoms with van der Waals surface area (Å²) < 4.78 is 40.0. The lowest BCUT2D eigenvalue weighted by Crippen LogP contribution is -2.61. The van der Waals surface area contributed by atoms with Crippen LogP contribution in [0.15, 0.2) is 188 Å². The minimum atomic E-state index is -1.72. The summed E-state index contributed by atoms with van der Waals surface area (Å²) in [6.45, 7) is 3.90. The third-order valence-corrected chi connectivity index (χ3v) is 13.1. The van der Waals surface area contributed by atoms with Gasteiger partial charge in [-0.2, -0.15) is 0 Å². The maximum Gasteiger partial charge on any atom is 0.168 e. The second kappa shape index (κ2) is 22.3. The molecule has 0 bridgehead atoms. The van der Waals surface area contributed by atoms with Crippen molar-refractivity contribution in [1.82, 2.24) is 0 Å². The highest BCUT2D eigenvalue weighted by atomic mass is 32.2. The maximum absolute atomic E-state index is 14.0. The van der Waals surface area contributed by atoms with Crippen LogP contribution >= 0.6 is 11.8 Å². The molecule has 7 nitrogen and oxygen atoms in total. The van der Waals surface area contributed by atoms with E-state index < -0.39 is 28.5 Å². The summed E-state index contributed by atoms with van der Waals surface area (Å²) in [5.41, 5.74) is 8.85. The van der Waals surface area contributed by atoms with Gasteiger partial charge in [0, 0.05) is 5.56 Å². The average Bonchev–Trinajstić information content (AvgIpc) is 3.34. The molecular formula is C56H56O7S. The maximum atomic E-state index is 14.0. The fourth-order valence-electron chi connectivity index (χ4n) is 8.08. The van der Waals surface area contributed by atoms with Crippen LogP contribution in [-0.4, -0.2) is 42.4 Å². The molecule has 64 heavy (non-hydrogen) atoms. The zero-order valence-corrected chi connectivity index (χ0v) is 37.3. The van der Waals surface area contributed by atoms with Gasteiger partial charge in [0.1, 0.15) is 36.4 Å². The van der Waals surface area contributed by atoms with Crippen molar-refractivity contribution in [3.05, 3.63) is 238 Å². The van der Waals surface area contributed by atoms with Crippen molar-refractivity contribution in [2.75, 3.05) is 13.7 Å². The van der Waals surface area contributed by atoms with Crippen molar-refractivity contribution in [3.8, 4) is 11.5 Å². The average molecular weight is 873 g/mol. The lowest BCUT2D eigenvalue weighted by atomic mass is 9.89. The first-order valence-corrected chi connectivity index (χ1v) is 22.8. The minimum Gasteiger partial charge on any atom is -0.497 e. The van der Waals surface area contributed by atoms with Gasteiger partial charge in [0.05, 0.1) is 45.4 Å². The second-order valence-corrected chi connectivity index (χ2v) is 17.6. The summed E-state index contributed by atoms with van der Waals surface area (Å²) >= 11 is 1.40. The highest BCUT2D eigenvalue weighted by Crippen LogP contribution is 2.53. The SMILES string of the molecule is COc1ccc(Cc2cc([C@]3(O)S[C@@H](COCc4ccccc4)[C@@H](OCc4ccccc4)[C@H](OCc4ccccc4)[C@H]3OCc3ccccc3)c(OCc3ccccc3)cc2C)cc1. The van der Waals surface area contributed by atoms with Gasteiger partial charge in [0.15, 0.2) is 4.93 Å². The first-order valence-electron chi connectivity index (χ1n) is 21.9. The zero-order chi connectivity index (χ0) is 44.0. The first kappa shape index (κ1) is 44.9. The Hall–Kier alpha value is -5.71. The quantitative estimate of drug-likeness (QED) is 0.0812. The van der Waals surface area contributed by atoms with Crippen LogP contribution in [0.4, 0.5) is 0 Å². The Balaban J connectivity index is 1.25. The number of hydrogen-bond donors (Lipinski definition) is 1. The number of aryl methyl sites for hydroxylation is 1. The van der Waals surface area contributed by atoms with E-state index in [2.05, 4.69) is 55.5 Å². The zero-order valence-electron chi connectivity index (χ0n) is 36.5. The molecular weight excluding hydrogens is 817 g/mol. The molecule has 0 aromatic heterocycles. The van der Waals surface area contributed by atoms with Crippen LogP contribution in [0.1, 0.15) is 50.1 Å². The molecule has 0 spiro atoms. The van der Waals surface area contributed by atoms with Crippen molar-refractivity contribution in [2.24, 2.45) is 0 Å². The molecule has 0 amide bonds. The van der Waals surface area contributed by atoms with Gasteiger partial charge in [-0.1, -0.05) is 164 Å². The Morgan fingerprint density at radius 2 is 0.984 bits per heavy atom. The van der Waals surface area contributed by atoms with Gasteiger partial charge in [-0.15, -0.1) is 11.8 Å². The lowest BCUT2D eigenvalue weighted by Gasteiger charge is -2.50. The molecule has 8 heteroatoms. The van der Waals surface area contributed by atoms with Crippen molar-refractivity contribution < 1.29 is 33.5 Å². The van der Waals surface area contributed by atoms with Gasteiger partial charge >= 0.3 is 0 Å². The summed E-state index contributed by atoms with van der Waals surface area (Å²) in [5.74, 6) is 1.36. The number of benzene rings is 7. The van der Waals surface area contributed by atoms with Crippen LogP contribution in [0.5, 0.6) is 11.5 Å². The van der Waals surface area contributed by atoms with Crippen LogP contribution in [0.3, 0.4) is 0 Å². The number of ether oxygens (including phenoxy) is 6. The summed E-state index contributed by atoms with van der Waals surface area (Å²) in [6.07, 6.45) is -1.65. The van der Waals surface area contributed by atoms with E-state index in [1.807, 2.05) is 140 Å². The first-order chi connectivity index (χ1) is 31.4. The lowest BCUT2D eigenvalue weighted by molar-refractivity contribution is -0.199. The Morgan fingerprint density at radius 3 is 1.50 bits per heavy atom. The molecule has 1 fully saturated rings. The van der Waals surface area contributed by atoms with Crippen LogP contribution in [0, 0.1) is 6.92 Å². The Morgan fingerprint density at radius 1 is 0.516 bits per heavy atom. The molecule has 1 saturated heterocycles. The van der Waals surface area contributed by atoms with Gasteiger partial charge in [0.2, 0.25) is 0 Å². The van der Waals surface area contributed by atoms with Crippen molar-refractivity contribution in [3.63, 3.8) is 0 Å². The Kier molecular flexibility index (Phi) is 15.6. The van der Waals surface area contributed by atoms with Crippen LogP contribution in [0.25, 0.3) is 0 Å². The third kappa shape index (κ3) is 11.7. The number of hydrogen-bond acceptors (Lipinski definition) is 8. The van der Waals surface area contributed by atoms with E-state index in [4.69, 9.17) is 28.4 Å². The molecule has 0 aliphatic carbocycles. The van der Waals surface area contributed by atoms with E-state index in [-0.39, 0.29) is 19.8 Å². The number of methoxy groups -OCH3 is 1. The smallest absolute Gasteiger partial charge is 0.168 e. The molecule has 0 saturated carbocycles. The molecule has 7 aromatic rings. The normalized spacial score (nSPS) is 19.5. The molecule has 0 radical (unpaired) electrons. The fourth-order valence-corrected chi connectivity index (χ4v) is 9.70. The van der Waals surface area contributed by atoms with Gasteiger partial charge in [-0.05, 0) is 82.1 Å². The van der Waals surface area contributed by atoms with Crippen molar-refractivity contribution in [2.45, 2.75) is 74.9 Å². The van der Waals surface area contributed by atoms with E-state index in [1.54, 1.807) is 7.11 Å². The van der Waals surface area contributed by atoms with Crippen LogP contribution in [0.2, 0.25) is 0 Å². The third-order valence-electron chi connectivity index (χ3n) is 11.6. The molecule has 1 N–H and O–H groups in total. The highest BCUT2D eigenvalue weighted by Gasteiger charge is 2.57. The van der Waals surface area contributed by atoms with Gasteiger partial charge < -0.3 is 33.5 Å². The van der Waals surface area contributed by atoms with Crippen LogP contribution < -0.4 is 9.47 Å². The van der Waals surface area contributed by atoms with Gasteiger partial charge in [0.25, 0.3) is 0 Å². The number of aliphatic hydroxyl groups is 1. The standard InChI is InChI=1S/C56H56O7S/c1-41-32-51(60-36-44-20-10-4-11-21-44)50(34-48(41)33-42-28-30-49(58-2)31-29-42)56(57)55(63-39-47-26-16-7-17-27-47)54(62-38-46-24-14-6-15-25-46)53(61-37-45-22-12-5-13-23-45)52(64-56)40-59-35-43-18-8-3-9-19-43/h3-32,34,52-55,57H,33,35-40H2,1-2H3/t52-,53+,54-,55+,56-/m0/s1. The summed E-state index contributed by atoms with van der Waals surface area (Å²) in [5, 5.41) is 13.6. The predicted molar refractivity (Wildman–Crippen MR) is 254 cm³/mol. The molecule has 1 aliphatic rings. The Labute approximate surface area is 381 Å². The number of thioether (sulfide) groups is 1. The fraction of sp³-hybridized carbons (Fsp3) is 0.250. The molecule has 1 heterocycles. The predicted octanol–water partition coefficient (Wildman–Crippen LogP) is 11.4. The monoisotopic (exact) mass is 872 g/mol. The van der Waals surface area contributed by atoms with Crippen molar-refractivity contribution in [1.29, 1.82) is 0 Å². The molecule has 0 unspecified atom stereocenters.